The van der Waals surface area contributed by atoms with Crippen LogP contribution in [0.5, 0.6) is 17.2 Å². The number of sulfonamides is 1. The van der Waals surface area contributed by atoms with E-state index in [4.69, 9.17) is 14.2 Å². The molecule has 192 valence electrons. The molecule has 0 fully saturated rings. The van der Waals surface area contributed by atoms with Gasteiger partial charge < -0.3 is 19.1 Å². The number of benzene rings is 3. The van der Waals surface area contributed by atoms with Gasteiger partial charge >= 0.3 is 0 Å². The molecule has 0 heterocycles. The maximum absolute atomic E-state index is 13.8. The van der Waals surface area contributed by atoms with Crippen LogP contribution in [0.3, 0.4) is 0 Å². The Balaban J connectivity index is 1.95. The number of likely N-dealkylation sites (N-methyl/N-ethyl adjacent to an activating group) is 1. The quantitative estimate of drug-likeness (QED) is 0.382. The molecule has 0 aliphatic carbocycles. The number of anilines is 1. The molecular formula is C27H32N2O6S. The van der Waals surface area contributed by atoms with Gasteiger partial charge in [0, 0.05) is 19.7 Å². The van der Waals surface area contributed by atoms with Crippen LogP contribution in [0, 0.1) is 6.92 Å². The molecule has 0 N–H and O–H groups in total. The lowest BCUT2D eigenvalue weighted by molar-refractivity contribution is -0.128. The van der Waals surface area contributed by atoms with Crippen molar-refractivity contribution in [2.45, 2.75) is 25.3 Å². The van der Waals surface area contributed by atoms with Gasteiger partial charge in [0.1, 0.15) is 12.3 Å². The van der Waals surface area contributed by atoms with Crippen molar-refractivity contribution in [2.75, 3.05) is 38.7 Å². The van der Waals surface area contributed by atoms with Crippen molar-refractivity contribution < 1.29 is 27.4 Å². The van der Waals surface area contributed by atoms with Crippen molar-refractivity contribution in [1.29, 1.82) is 0 Å². The summed E-state index contributed by atoms with van der Waals surface area (Å²) in [5, 5.41) is 0. The second-order valence-electron chi connectivity index (χ2n) is 8.19. The van der Waals surface area contributed by atoms with E-state index < -0.39 is 10.0 Å². The molecule has 0 bridgehead atoms. The highest BCUT2D eigenvalue weighted by Gasteiger charge is 2.29. The number of nitrogens with zero attached hydrogens (tertiary/aromatic N) is 2. The molecule has 0 saturated heterocycles. The SMILES string of the molecule is CCOc1ccc(N(CC(=O)N(C)Cc2ccc(C)cc2)S(=O)(=O)c2ccc(OC)c(OC)c2)cc1. The fraction of sp³-hybridized carbons (Fsp3) is 0.296. The number of rotatable bonds is 11. The number of hydrogen-bond acceptors (Lipinski definition) is 6. The van der Waals surface area contributed by atoms with E-state index in [-0.39, 0.29) is 23.1 Å². The van der Waals surface area contributed by atoms with Crippen molar-refractivity contribution >= 4 is 21.6 Å². The highest BCUT2D eigenvalue weighted by molar-refractivity contribution is 7.92. The van der Waals surface area contributed by atoms with E-state index in [1.165, 1.54) is 37.3 Å². The molecule has 3 rings (SSSR count). The largest absolute Gasteiger partial charge is 0.494 e. The Morgan fingerprint density at radius 2 is 1.53 bits per heavy atom. The number of ether oxygens (including phenoxy) is 3. The van der Waals surface area contributed by atoms with Crippen LogP contribution in [0.1, 0.15) is 18.1 Å². The van der Waals surface area contributed by atoms with Gasteiger partial charge in [-0.25, -0.2) is 8.42 Å². The predicted octanol–water partition coefficient (Wildman–Crippen LogP) is 4.26. The number of hydrogen-bond donors (Lipinski definition) is 0. The van der Waals surface area contributed by atoms with Crippen LogP contribution in [0.4, 0.5) is 5.69 Å². The summed E-state index contributed by atoms with van der Waals surface area (Å²) in [6.07, 6.45) is 0. The second-order valence-corrected chi connectivity index (χ2v) is 10.1. The number of amides is 1. The van der Waals surface area contributed by atoms with Crippen LogP contribution in [0.15, 0.2) is 71.6 Å². The number of carbonyl (C=O) groups is 1. The van der Waals surface area contributed by atoms with Crippen LogP contribution in [-0.4, -0.2) is 53.6 Å². The molecule has 0 atom stereocenters. The molecule has 0 aliphatic heterocycles. The van der Waals surface area contributed by atoms with E-state index >= 15 is 0 Å². The van der Waals surface area contributed by atoms with Gasteiger partial charge in [0.25, 0.3) is 10.0 Å². The van der Waals surface area contributed by atoms with Gasteiger partial charge in [-0.3, -0.25) is 9.10 Å². The van der Waals surface area contributed by atoms with Gasteiger partial charge in [-0.2, -0.15) is 0 Å². The standard InChI is InChI=1S/C27H32N2O6S/c1-6-35-23-13-11-22(12-14-23)29(19-27(30)28(3)18-21-9-7-20(2)8-10-21)36(31,32)24-15-16-25(33-4)26(17-24)34-5/h7-17H,6,18-19H2,1-5H3. The zero-order valence-corrected chi connectivity index (χ0v) is 22.0. The topological polar surface area (TPSA) is 85.4 Å². The molecule has 0 radical (unpaired) electrons. The smallest absolute Gasteiger partial charge is 0.264 e. The lowest BCUT2D eigenvalue weighted by Gasteiger charge is -2.27. The summed E-state index contributed by atoms with van der Waals surface area (Å²) in [7, 11) is 0.426. The van der Waals surface area contributed by atoms with Crippen molar-refractivity contribution in [3.05, 3.63) is 77.9 Å². The zero-order valence-electron chi connectivity index (χ0n) is 21.2. The molecule has 9 heteroatoms. The fourth-order valence-corrected chi connectivity index (χ4v) is 5.02. The Morgan fingerprint density at radius 3 is 2.11 bits per heavy atom. The second kappa shape index (κ2) is 11.8. The Morgan fingerprint density at radius 1 is 0.889 bits per heavy atom. The Kier molecular flexibility index (Phi) is 8.82. The Labute approximate surface area is 213 Å². The minimum Gasteiger partial charge on any atom is -0.494 e. The highest BCUT2D eigenvalue weighted by Crippen LogP contribution is 2.32. The van der Waals surface area contributed by atoms with E-state index in [0.717, 1.165) is 15.4 Å². The molecule has 3 aromatic rings. The van der Waals surface area contributed by atoms with Crippen molar-refractivity contribution in [2.24, 2.45) is 0 Å². The summed E-state index contributed by atoms with van der Waals surface area (Å²) in [6, 6.07) is 18.8. The van der Waals surface area contributed by atoms with Gasteiger partial charge in [0.2, 0.25) is 5.91 Å². The highest BCUT2D eigenvalue weighted by atomic mass is 32.2. The molecule has 1 amide bonds. The third-order valence-corrected chi connectivity index (χ3v) is 7.39. The first-order chi connectivity index (χ1) is 17.2. The molecule has 3 aromatic carbocycles. The van der Waals surface area contributed by atoms with E-state index in [9.17, 15) is 13.2 Å². The zero-order chi connectivity index (χ0) is 26.3. The molecule has 0 aromatic heterocycles. The number of carbonyl (C=O) groups excluding carboxylic acids is 1. The van der Waals surface area contributed by atoms with Crippen LogP contribution in [-0.2, 0) is 21.4 Å². The predicted molar refractivity (Wildman–Crippen MR) is 139 cm³/mol. The Bertz CT molecular complexity index is 1270. The number of aryl methyl sites for hydroxylation is 1. The maximum Gasteiger partial charge on any atom is 0.264 e. The summed E-state index contributed by atoms with van der Waals surface area (Å²) in [5.74, 6) is 0.923. The first kappa shape index (κ1) is 26.9. The van der Waals surface area contributed by atoms with E-state index in [1.807, 2.05) is 38.1 Å². The van der Waals surface area contributed by atoms with Crippen molar-refractivity contribution in [3.8, 4) is 17.2 Å². The minimum atomic E-state index is -4.13. The van der Waals surface area contributed by atoms with E-state index in [0.29, 0.717) is 30.3 Å². The molecule has 0 aliphatic rings. The van der Waals surface area contributed by atoms with E-state index in [2.05, 4.69) is 0 Å². The fourth-order valence-electron chi connectivity index (χ4n) is 3.59. The molecular weight excluding hydrogens is 480 g/mol. The van der Waals surface area contributed by atoms with Gasteiger partial charge in [0.15, 0.2) is 11.5 Å². The summed E-state index contributed by atoms with van der Waals surface area (Å²) >= 11 is 0. The van der Waals surface area contributed by atoms with E-state index in [1.54, 1.807) is 31.3 Å². The average Bonchev–Trinajstić information content (AvgIpc) is 2.88. The summed E-state index contributed by atoms with van der Waals surface area (Å²) in [6.45, 7) is 4.31. The van der Waals surface area contributed by atoms with Crippen LogP contribution in [0.25, 0.3) is 0 Å². The Hall–Kier alpha value is -3.72. The maximum atomic E-state index is 13.8. The molecule has 0 saturated carbocycles. The number of methoxy groups -OCH3 is 2. The lowest BCUT2D eigenvalue weighted by Crippen LogP contribution is -2.41. The van der Waals surface area contributed by atoms with Gasteiger partial charge in [0.05, 0.1) is 31.4 Å². The minimum absolute atomic E-state index is 0.0250. The first-order valence-corrected chi connectivity index (χ1v) is 12.9. The van der Waals surface area contributed by atoms with Gasteiger partial charge in [-0.05, 0) is 55.8 Å². The van der Waals surface area contributed by atoms with Crippen LogP contribution in [0.2, 0.25) is 0 Å². The third kappa shape index (κ3) is 6.28. The normalized spacial score (nSPS) is 11.0. The molecule has 8 nitrogen and oxygen atoms in total. The third-order valence-electron chi connectivity index (χ3n) is 5.62. The van der Waals surface area contributed by atoms with Crippen molar-refractivity contribution in [3.63, 3.8) is 0 Å². The molecule has 36 heavy (non-hydrogen) atoms. The van der Waals surface area contributed by atoms with Crippen molar-refractivity contribution in [1.82, 2.24) is 4.90 Å². The summed E-state index contributed by atoms with van der Waals surface area (Å²) < 4.78 is 44.7. The van der Waals surface area contributed by atoms with Gasteiger partial charge in [-0.1, -0.05) is 29.8 Å². The lowest BCUT2D eigenvalue weighted by atomic mass is 10.1. The monoisotopic (exact) mass is 512 g/mol. The average molecular weight is 513 g/mol. The summed E-state index contributed by atoms with van der Waals surface area (Å²) in [4.78, 5) is 14.7. The summed E-state index contributed by atoms with van der Waals surface area (Å²) in [5.41, 5.74) is 2.41. The van der Waals surface area contributed by atoms with Crippen LogP contribution < -0.4 is 18.5 Å². The molecule has 0 spiro atoms. The first-order valence-electron chi connectivity index (χ1n) is 11.5. The van der Waals surface area contributed by atoms with Crippen LogP contribution >= 0.6 is 0 Å². The van der Waals surface area contributed by atoms with Gasteiger partial charge in [-0.15, -0.1) is 0 Å². The molecule has 0 unspecified atom stereocenters.